The molecule has 5 heteroatoms. The second kappa shape index (κ2) is 5.14. The van der Waals surface area contributed by atoms with Gasteiger partial charge in [-0.1, -0.05) is 11.6 Å². The summed E-state index contributed by atoms with van der Waals surface area (Å²) >= 11 is 6.09. The molecular weight excluding hydrogens is 256 g/mol. The fraction of sp³-hybridized carbons (Fsp3) is 0.154. The Bertz CT molecular complexity index is 561. The van der Waals surface area contributed by atoms with Gasteiger partial charge in [-0.2, -0.15) is 0 Å². The van der Waals surface area contributed by atoms with Gasteiger partial charge in [0.2, 0.25) is 5.78 Å². The van der Waals surface area contributed by atoms with Crippen molar-refractivity contribution in [3.05, 3.63) is 46.9 Å². The van der Waals surface area contributed by atoms with Crippen molar-refractivity contribution in [2.45, 2.75) is 0 Å². The van der Waals surface area contributed by atoms with Gasteiger partial charge in [-0.3, -0.25) is 4.79 Å². The van der Waals surface area contributed by atoms with Crippen LogP contribution in [0.2, 0.25) is 5.02 Å². The molecule has 4 nitrogen and oxygen atoms in total. The van der Waals surface area contributed by atoms with E-state index in [1.807, 2.05) is 0 Å². The highest BCUT2D eigenvalue weighted by Crippen LogP contribution is 2.37. The van der Waals surface area contributed by atoms with Gasteiger partial charge in [0.25, 0.3) is 0 Å². The molecule has 18 heavy (non-hydrogen) atoms. The average Bonchev–Trinajstić information content (AvgIpc) is 2.91. The zero-order valence-corrected chi connectivity index (χ0v) is 10.7. The van der Waals surface area contributed by atoms with Gasteiger partial charge in [0, 0.05) is 0 Å². The molecule has 0 fully saturated rings. The maximum Gasteiger partial charge on any atom is 0.231 e. The Kier molecular flexibility index (Phi) is 3.58. The molecule has 1 aromatic heterocycles. The zero-order chi connectivity index (χ0) is 13.1. The van der Waals surface area contributed by atoms with Gasteiger partial charge in [0.15, 0.2) is 11.5 Å². The lowest BCUT2D eigenvalue weighted by Crippen LogP contribution is -2.04. The number of carbonyl (C=O) groups is 1. The van der Waals surface area contributed by atoms with E-state index in [0.29, 0.717) is 11.3 Å². The van der Waals surface area contributed by atoms with E-state index in [1.54, 1.807) is 24.3 Å². The third-order valence-electron chi connectivity index (χ3n) is 2.48. The maximum absolute atomic E-state index is 12.2. The van der Waals surface area contributed by atoms with Crippen molar-refractivity contribution in [3.8, 4) is 11.5 Å². The molecule has 0 aliphatic carbocycles. The van der Waals surface area contributed by atoms with Gasteiger partial charge in [0.05, 0.1) is 26.0 Å². The van der Waals surface area contributed by atoms with E-state index >= 15 is 0 Å². The lowest BCUT2D eigenvalue weighted by molar-refractivity contribution is 0.101. The van der Waals surface area contributed by atoms with Crippen molar-refractivity contribution < 1.29 is 18.7 Å². The summed E-state index contributed by atoms with van der Waals surface area (Å²) in [5.74, 6) is 0.665. The van der Waals surface area contributed by atoms with Gasteiger partial charge < -0.3 is 13.9 Å². The summed E-state index contributed by atoms with van der Waals surface area (Å²) in [5, 5.41) is 0.261. The van der Waals surface area contributed by atoms with Crippen LogP contribution in [0, 0.1) is 0 Å². The van der Waals surface area contributed by atoms with Crippen molar-refractivity contribution in [2.75, 3.05) is 14.2 Å². The number of ether oxygens (including phenoxy) is 2. The first-order valence-electron chi connectivity index (χ1n) is 5.17. The van der Waals surface area contributed by atoms with E-state index in [-0.39, 0.29) is 22.3 Å². The first-order valence-corrected chi connectivity index (χ1v) is 5.55. The SMILES string of the molecule is COc1ccc(C(=O)c2ccco2)c(OC)c1Cl. The predicted octanol–water partition coefficient (Wildman–Crippen LogP) is 3.18. The van der Waals surface area contributed by atoms with Crippen LogP contribution in [0.4, 0.5) is 0 Å². The molecule has 0 saturated heterocycles. The molecule has 0 bridgehead atoms. The third kappa shape index (κ3) is 2.07. The number of carbonyl (C=O) groups excluding carboxylic acids is 1. The van der Waals surface area contributed by atoms with Crippen LogP contribution in [-0.2, 0) is 0 Å². The highest BCUT2D eigenvalue weighted by atomic mass is 35.5. The van der Waals surface area contributed by atoms with Crippen LogP contribution in [0.25, 0.3) is 0 Å². The molecule has 94 valence electrons. The van der Waals surface area contributed by atoms with Gasteiger partial charge in [-0.05, 0) is 24.3 Å². The Balaban J connectivity index is 2.52. The molecule has 2 rings (SSSR count). The fourth-order valence-electron chi connectivity index (χ4n) is 1.61. The fourth-order valence-corrected chi connectivity index (χ4v) is 1.93. The Morgan fingerprint density at radius 1 is 1.22 bits per heavy atom. The average molecular weight is 267 g/mol. The molecule has 0 saturated carbocycles. The first-order chi connectivity index (χ1) is 8.69. The molecule has 2 aromatic rings. The van der Waals surface area contributed by atoms with E-state index in [0.717, 1.165) is 0 Å². The van der Waals surface area contributed by atoms with Crippen LogP contribution in [0.5, 0.6) is 11.5 Å². The molecule has 0 aliphatic heterocycles. The normalized spacial score (nSPS) is 10.2. The summed E-state index contributed by atoms with van der Waals surface area (Å²) in [4.78, 5) is 12.2. The van der Waals surface area contributed by atoms with Crippen LogP contribution in [0.15, 0.2) is 34.9 Å². The van der Waals surface area contributed by atoms with Crippen molar-refractivity contribution in [3.63, 3.8) is 0 Å². The lowest BCUT2D eigenvalue weighted by Gasteiger charge is -2.11. The smallest absolute Gasteiger partial charge is 0.231 e. The van der Waals surface area contributed by atoms with E-state index in [2.05, 4.69) is 0 Å². The van der Waals surface area contributed by atoms with E-state index in [4.69, 9.17) is 25.5 Å². The van der Waals surface area contributed by atoms with Crippen molar-refractivity contribution in [2.24, 2.45) is 0 Å². The molecule has 0 unspecified atom stereocenters. The van der Waals surface area contributed by atoms with Crippen LogP contribution in [0.1, 0.15) is 16.1 Å². The Morgan fingerprint density at radius 3 is 2.56 bits per heavy atom. The molecule has 0 atom stereocenters. The van der Waals surface area contributed by atoms with Gasteiger partial charge >= 0.3 is 0 Å². The summed E-state index contributed by atoms with van der Waals surface area (Å²) in [6.07, 6.45) is 1.44. The Hall–Kier alpha value is -1.94. The summed E-state index contributed by atoms with van der Waals surface area (Å²) in [6.45, 7) is 0. The largest absolute Gasteiger partial charge is 0.495 e. The Morgan fingerprint density at radius 2 is 2.00 bits per heavy atom. The monoisotopic (exact) mass is 266 g/mol. The maximum atomic E-state index is 12.2. The van der Waals surface area contributed by atoms with Gasteiger partial charge in [-0.25, -0.2) is 0 Å². The molecule has 1 heterocycles. The van der Waals surface area contributed by atoms with Gasteiger partial charge in [0.1, 0.15) is 10.8 Å². The number of ketones is 1. The molecule has 0 radical (unpaired) electrons. The molecule has 0 aliphatic rings. The number of benzene rings is 1. The Labute approximate surface area is 109 Å². The summed E-state index contributed by atoms with van der Waals surface area (Å²) in [7, 11) is 2.94. The van der Waals surface area contributed by atoms with Crippen LogP contribution in [0.3, 0.4) is 0 Å². The number of rotatable bonds is 4. The van der Waals surface area contributed by atoms with Crippen molar-refractivity contribution in [1.29, 1.82) is 0 Å². The number of methoxy groups -OCH3 is 2. The first kappa shape index (κ1) is 12.5. The second-order valence-electron chi connectivity index (χ2n) is 3.47. The standard InChI is InChI=1S/C13H11ClO4/c1-16-9-6-5-8(13(17-2)11(9)14)12(15)10-4-3-7-18-10/h3-7H,1-2H3. The van der Waals surface area contributed by atoms with E-state index in [1.165, 1.54) is 20.5 Å². The topological polar surface area (TPSA) is 48.7 Å². The molecule has 0 N–H and O–H groups in total. The van der Waals surface area contributed by atoms with Gasteiger partial charge in [-0.15, -0.1) is 0 Å². The second-order valence-corrected chi connectivity index (χ2v) is 3.85. The lowest BCUT2D eigenvalue weighted by atomic mass is 10.1. The molecular formula is C13H11ClO4. The van der Waals surface area contributed by atoms with Crippen LogP contribution >= 0.6 is 11.6 Å². The summed E-state index contributed by atoms with van der Waals surface area (Å²) < 4.78 is 15.3. The number of furan rings is 1. The minimum atomic E-state index is -0.290. The number of hydrogen-bond acceptors (Lipinski definition) is 4. The predicted molar refractivity (Wildman–Crippen MR) is 66.7 cm³/mol. The summed E-state index contributed by atoms with van der Waals surface area (Å²) in [5.41, 5.74) is 0.332. The molecule has 1 aromatic carbocycles. The van der Waals surface area contributed by atoms with Crippen LogP contribution < -0.4 is 9.47 Å². The van der Waals surface area contributed by atoms with Crippen LogP contribution in [-0.4, -0.2) is 20.0 Å². The van der Waals surface area contributed by atoms with Crippen molar-refractivity contribution in [1.82, 2.24) is 0 Å². The highest BCUT2D eigenvalue weighted by Gasteiger charge is 2.21. The minimum absolute atomic E-state index is 0.231. The van der Waals surface area contributed by atoms with E-state index < -0.39 is 0 Å². The zero-order valence-electron chi connectivity index (χ0n) is 9.90. The summed E-state index contributed by atoms with van der Waals surface area (Å²) in [6, 6.07) is 6.43. The quantitative estimate of drug-likeness (QED) is 0.798. The number of halogens is 1. The van der Waals surface area contributed by atoms with Crippen molar-refractivity contribution >= 4 is 17.4 Å². The van der Waals surface area contributed by atoms with E-state index in [9.17, 15) is 4.79 Å². The molecule has 0 spiro atoms. The highest BCUT2D eigenvalue weighted by molar-refractivity contribution is 6.34. The number of hydrogen-bond donors (Lipinski definition) is 0. The molecule has 0 amide bonds. The third-order valence-corrected chi connectivity index (χ3v) is 2.83. The minimum Gasteiger partial charge on any atom is -0.495 e.